The van der Waals surface area contributed by atoms with E-state index in [4.69, 9.17) is 10.3 Å². The summed E-state index contributed by atoms with van der Waals surface area (Å²) in [7, 11) is -0.373. The van der Waals surface area contributed by atoms with Gasteiger partial charge in [0.05, 0.1) is 0 Å². The number of hydrogen-bond acceptors (Lipinski definition) is 1. The first-order chi connectivity index (χ1) is 11.2. The third kappa shape index (κ3) is 7.56. The van der Waals surface area contributed by atoms with Crippen LogP contribution in [0.5, 0.6) is 0 Å². The fraction of sp³-hybridized carbons (Fsp3) is 0.952. The molecule has 0 unspecified atom stereocenters. The van der Waals surface area contributed by atoms with Crippen molar-refractivity contribution in [2.24, 2.45) is 4.99 Å². The van der Waals surface area contributed by atoms with Gasteiger partial charge in [-0.25, -0.2) is 0 Å². The molecule has 0 aliphatic heterocycles. The van der Waals surface area contributed by atoms with E-state index in [1.165, 1.54) is 69.8 Å². The third-order valence-corrected chi connectivity index (χ3v) is 8.60. The van der Waals surface area contributed by atoms with Crippen molar-refractivity contribution in [2.45, 2.75) is 128 Å². The normalized spacial score (nSPS) is 22.0. The molecule has 2 nitrogen and oxygen atoms in total. The topological polar surface area (TPSA) is 26.5 Å². The Bertz CT molecular complexity index is 397. The van der Waals surface area contributed by atoms with Crippen LogP contribution in [0.2, 0.25) is 0 Å². The second kappa shape index (κ2) is 10.2. The molecule has 0 aromatic carbocycles. The molecule has 0 heterocycles. The van der Waals surface area contributed by atoms with Crippen LogP contribution in [-0.2, 0) is 0 Å². The van der Waals surface area contributed by atoms with E-state index in [1.54, 1.807) is 0 Å². The Balaban J connectivity index is 0.00000312. The van der Waals surface area contributed by atoms with Gasteiger partial charge in [0.15, 0.2) is 0 Å². The van der Waals surface area contributed by atoms with Gasteiger partial charge in [-0.2, -0.15) is 0 Å². The second-order valence-electron chi connectivity index (χ2n) is 9.82. The predicted octanol–water partition coefficient (Wildman–Crippen LogP) is 4.46. The molecule has 0 bridgehead atoms. The third-order valence-electron chi connectivity index (χ3n) is 5.29. The van der Waals surface area contributed by atoms with Crippen molar-refractivity contribution in [2.75, 3.05) is 0 Å². The van der Waals surface area contributed by atoms with Gasteiger partial charge < -0.3 is 10.3 Å². The van der Waals surface area contributed by atoms with Crippen molar-refractivity contribution in [1.82, 2.24) is 0 Å². The monoisotopic (exact) mass is 358 g/mol. The SMILES string of the molecule is CC(C)(C)P(C(=NC1CCCCC1)[N-]C1CCCCC1)C(C)(C)C.[Li+]. The quantitative estimate of drug-likeness (QED) is 0.308. The smallest absolute Gasteiger partial charge is 0.462 e. The molecule has 25 heavy (non-hydrogen) atoms. The first-order valence-electron chi connectivity index (χ1n) is 10.3. The maximum atomic E-state index is 5.34. The maximum absolute atomic E-state index is 5.34. The Labute approximate surface area is 170 Å². The average Bonchev–Trinajstić information content (AvgIpc) is 2.46. The molecule has 0 saturated heterocycles. The second-order valence-corrected chi connectivity index (χ2v) is 13.6. The van der Waals surface area contributed by atoms with Crippen molar-refractivity contribution in [3.63, 3.8) is 0 Å². The molecule has 0 N–H and O–H groups in total. The summed E-state index contributed by atoms with van der Waals surface area (Å²) in [4.78, 5) is 5.34. The molecule has 2 aliphatic rings. The van der Waals surface area contributed by atoms with Crippen LogP contribution in [0.1, 0.15) is 106 Å². The molecule has 0 amide bonds. The van der Waals surface area contributed by atoms with E-state index in [-0.39, 0.29) is 37.1 Å². The maximum Gasteiger partial charge on any atom is 1.00 e. The number of aliphatic imine (C=N–C) groups is 1. The van der Waals surface area contributed by atoms with Gasteiger partial charge in [0.25, 0.3) is 0 Å². The first kappa shape index (κ1) is 23.5. The van der Waals surface area contributed by atoms with E-state index in [0.29, 0.717) is 12.1 Å². The van der Waals surface area contributed by atoms with E-state index in [1.807, 2.05) is 0 Å². The number of nitrogens with zero attached hydrogens (tertiary/aromatic N) is 2. The molecule has 2 fully saturated rings. The van der Waals surface area contributed by atoms with Gasteiger partial charge in [-0.3, -0.25) is 0 Å². The summed E-state index contributed by atoms with van der Waals surface area (Å²) < 4.78 is 0. The molecule has 2 rings (SSSR count). The molecule has 0 radical (unpaired) electrons. The van der Waals surface area contributed by atoms with Crippen LogP contribution in [0.15, 0.2) is 4.99 Å². The summed E-state index contributed by atoms with van der Waals surface area (Å²) >= 11 is 0. The summed E-state index contributed by atoms with van der Waals surface area (Å²) in [6.07, 6.45) is 13.3. The Hall–Kier alpha value is 0.497. The van der Waals surface area contributed by atoms with E-state index in [9.17, 15) is 0 Å². The Morgan fingerprint density at radius 1 is 0.760 bits per heavy atom. The Kier molecular flexibility index (Phi) is 9.56. The fourth-order valence-corrected chi connectivity index (χ4v) is 8.27. The first-order valence-corrected chi connectivity index (χ1v) is 11.6. The van der Waals surface area contributed by atoms with Crippen LogP contribution in [0, 0.1) is 0 Å². The van der Waals surface area contributed by atoms with Crippen LogP contribution in [0.3, 0.4) is 0 Å². The van der Waals surface area contributed by atoms with Gasteiger partial charge in [0.1, 0.15) is 0 Å². The molecule has 2 saturated carbocycles. The standard InChI is InChI=1S/C21H40N2P.Li/c1-20(2,3)24(21(4,5)6)19(22-17-13-9-7-10-14-17)23-18-15-11-8-12-16-18;/h17-18H,7-16H2,1-6H3;/q-1;+1. The molecule has 140 valence electrons. The van der Waals surface area contributed by atoms with Crippen molar-refractivity contribution < 1.29 is 18.9 Å². The fourth-order valence-electron chi connectivity index (χ4n) is 4.50. The molecular weight excluding hydrogens is 318 g/mol. The molecule has 2 aliphatic carbocycles. The molecular formula is C21H40LiN2P. The molecule has 0 atom stereocenters. The Morgan fingerprint density at radius 2 is 1.20 bits per heavy atom. The number of amidine groups is 1. The summed E-state index contributed by atoms with van der Waals surface area (Å²) in [6, 6.07) is 1.08. The zero-order valence-electron chi connectivity index (χ0n) is 18.1. The molecule has 4 heteroatoms. The molecule has 0 aromatic rings. The van der Waals surface area contributed by atoms with Gasteiger partial charge in [0.2, 0.25) is 0 Å². The van der Waals surface area contributed by atoms with E-state index >= 15 is 0 Å². The Morgan fingerprint density at radius 3 is 1.64 bits per heavy atom. The minimum absolute atomic E-state index is 0. The minimum Gasteiger partial charge on any atom is -0.462 e. The van der Waals surface area contributed by atoms with Crippen LogP contribution >= 0.6 is 7.92 Å². The van der Waals surface area contributed by atoms with Crippen LogP contribution < -0.4 is 18.9 Å². The van der Waals surface area contributed by atoms with Crippen molar-refractivity contribution in [1.29, 1.82) is 0 Å². The van der Waals surface area contributed by atoms with Crippen molar-refractivity contribution in [3.05, 3.63) is 5.32 Å². The largest absolute Gasteiger partial charge is 1.00 e. The zero-order chi connectivity index (χ0) is 17.8. The van der Waals surface area contributed by atoms with E-state index < -0.39 is 0 Å². The zero-order valence-corrected chi connectivity index (χ0v) is 19.0. The average molecular weight is 358 g/mol. The summed E-state index contributed by atoms with van der Waals surface area (Å²) in [5.74, 6) is 0. The minimum atomic E-state index is -0.373. The van der Waals surface area contributed by atoms with Gasteiger partial charge >= 0.3 is 18.9 Å². The number of hydrogen-bond donors (Lipinski definition) is 0. The van der Waals surface area contributed by atoms with Crippen molar-refractivity contribution in [3.8, 4) is 0 Å². The summed E-state index contributed by atoms with van der Waals surface area (Å²) in [5.41, 5.74) is 1.27. The van der Waals surface area contributed by atoms with E-state index in [0.717, 1.165) is 0 Å². The van der Waals surface area contributed by atoms with Gasteiger partial charge in [-0.05, 0) is 22.4 Å². The number of rotatable bonds is 3. The summed E-state index contributed by atoms with van der Waals surface area (Å²) in [5, 5.41) is 5.87. The van der Waals surface area contributed by atoms with Gasteiger partial charge in [0, 0.05) is 0 Å². The molecule has 0 spiro atoms. The van der Waals surface area contributed by atoms with Gasteiger partial charge in [-0.1, -0.05) is 119 Å². The molecule has 0 aromatic heterocycles. The summed E-state index contributed by atoms with van der Waals surface area (Å²) in [6.45, 7) is 14.4. The van der Waals surface area contributed by atoms with Crippen molar-refractivity contribution >= 4 is 13.5 Å². The van der Waals surface area contributed by atoms with Crippen LogP contribution in [0.4, 0.5) is 0 Å². The predicted molar refractivity (Wildman–Crippen MR) is 111 cm³/mol. The van der Waals surface area contributed by atoms with Crippen LogP contribution in [-0.4, -0.2) is 28.0 Å². The van der Waals surface area contributed by atoms with E-state index in [2.05, 4.69) is 41.5 Å². The van der Waals surface area contributed by atoms with Crippen LogP contribution in [0.25, 0.3) is 5.32 Å². The van der Waals surface area contributed by atoms with Gasteiger partial charge in [-0.15, -0.1) is 0 Å².